The maximum atomic E-state index is 11.8. The Bertz CT molecular complexity index is 509. The van der Waals surface area contributed by atoms with Gasteiger partial charge in [-0.2, -0.15) is 0 Å². The summed E-state index contributed by atoms with van der Waals surface area (Å²) in [5.41, 5.74) is 0. The van der Waals surface area contributed by atoms with E-state index >= 15 is 0 Å². The summed E-state index contributed by atoms with van der Waals surface area (Å²) in [5, 5.41) is 2.71. The molecule has 0 aromatic carbocycles. The predicted octanol–water partition coefficient (Wildman–Crippen LogP) is 0.608. The van der Waals surface area contributed by atoms with Crippen LogP contribution in [0.3, 0.4) is 0 Å². The highest BCUT2D eigenvalue weighted by Gasteiger charge is 2.29. The first kappa shape index (κ1) is 12.9. The number of hydrogen-bond donors (Lipinski definition) is 1. The number of nitrogens with zero attached hydrogens (tertiary/aromatic N) is 1. The fourth-order valence-corrected chi connectivity index (χ4v) is 3.58. The van der Waals surface area contributed by atoms with Gasteiger partial charge in [-0.1, -0.05) is 0 Å². The van der Waals surface area contributed by atoms with Crippen molar-refractivity contribution in [2.24, 2.45) is 0 Å². The third-order valence-electron chi connectivity index (χ3n) is 2.88. The van der Waals surface area contributed by atoms with Crippen molar-refractivity contribution in [1.82, 2.24) is 10.2 Å². The molecule has 2 rings (SSSR count). The van der Waals surface area contributed by atoms with E-state index in [0.29, 0.717) is 18.7 Å². The molecule has 6 nitrogen and oxygen atoms in total. The topological polar surface area (TPSA) is 79.6 Å². The Morgan fingerprint density at radius 3 is 2.94 bits per heavy atom. The van der Waals surface area contributed by atoms with Crippen LogP contribution in [0.15, 0.2) is 22.8 Å². The van der Waals surface area contributed by atoms with Crippen LogP contribution in [-0.4, -0.2) is 43.9 Å². The highest BCUT2D eigenvalue weighted by Crippen LogP contribution is 2.12. The van der Waals surface area contributed by atoms with Crippen molar-refractivity contribution >= 4 is 15.9 Å². The van der Waals surface area contributed by atoms with Gasteiger partial charge in [-0.3, -0.25) is 0 Å². The molecule has 1 saturated heterocycles. The SMILES string of the molecule is CN(Cc1ccco1)C(=O)N[C@H]1CCS(=O)(=O)C1. The van der Waals surface area contributed by atoms with Crippen molar-refractivity contribution < 1.29 is 17.6 Å². The van der Waals surface area contributed by atoms with Crippen LogP contribution in [0.1, 0.15) is 12.2 Å². The lowest BCUT2D eigenvalue weighted by molar-refractivity contribution is 0.200. The molecule has 1 aromatic rings. The summed E-state index contributed by atoms with van der Waals surface area (Å²) < 4.78 is 27.7. The van der Waals surface area contributed by atoms with Gasteiger partial charge in [0.25, 0.3) is 0 Å². The maximum Gasteiger partial charge on any atom is 0.317 e. The third kappa shape index (κ3) is 3.25. The van der Waals surface area contributed by atoms with E-state index in [0.717, 1.165) is 0 Å². The largest absolute Gasteiger partial charge is 0.467 e. The number of carbonyl (C=O) groups is 1. The van der Waals surface area contributed by atoms with Crippen molar-refractivity contribution in [3.63, 3.8) is 0 Å². The molecular weight excluding hydrogens is 256 g/mol. The van der Waals surface area contributed by atoms with Gasteiger partial charge in [0.15, 0.2) is 9.84 Å². The van der Waals surface area contributed by atoms with E-state index in [1.54, 1.807) is 25.4 Å². The van der Waals surface area contributed by atoms with Gasteiger partial charge in [0.05, 0.1) is 24.3 Å². The van der Waals surface area contributed by atoms with Crippen molar-refractivity contribution in [2.45, 2.75) is 19.0 Å². The molecule has 2 amide bonds. The van der Waals surface area contributed by atoms with E-state index in [1.807, 2.05) is 0 Å². The Morgan fingerprint density at radius 2 is 2.39 bits per heavy atom. The number of nitrogens with one attached hydrogen (secondary N) is 1. The van der Waals surface area contributed by atoms with Crippen molar-refractivity contribution in [3.8, 4) is 0 Å². The fourth-order valence-electron chi connectivity index (χ4n) is 1.90. The molecule has 1 aliphatic heterocycles. The Kier molecular flexibility index (Phi) is 3.60. The Balaban J connectivity index is 1.85. The number of furan rings is 1. The van der Waals surface area contributed by atoms with E-state index in [1.165, 1.54) is 4.90 Å². The van der Waals surface area contributed by atoms with Crippen LogP contribution in [0.2, 0.25) is 0 Å². The molecule has 0 saturated carbocycles. The van der Waals surface area contributed by atoms with Crippen molar-refractivity contribution in [1.29, 1.82) is 0 Å². The second-order valence-corrected chi connectivity index (χ2v) is 6.71. The Labute approximate surface area is 106 Å². The number of carbonyl (C=O) groups excluding carboxylic acids is 1. The van der Waals surface area contributed by atoms with Gasteiger partial charge in [0, 0.05) is 13.1 Å². The van der Waals surface area contributed by atoms with Gasteiger partial charge < -0.3 is 14.6 Å². The van der Waals surface area contributed by atoms with E-state index in [4.69, 9.17) is 4.42 Å². The van der Waals surface area contributed by atoms with E-state index in [2.05, 4.69) is 5.32 Å². The summed E-state index contributed by atoms with van der Waals surface area (Å²) in [6, 6.07) is 2.98. The maximum absolute atomic E-state index is 11.8. The number of sulfone groups is 1. The van der Waals surface area contributed by atoms with E-state index in [-0.39, 0.29) is 23.6 Å². The molecular formula is C11H16N2O4S. The highest BCUT2D eigenvalue weighted by molar-refractivity contribution is 7.91. The van der Waals surface area contributed by atoms with Crippen LogP contribution in [0.5, 0.6) is 0 Å². The quantitative estimate of drug-likeness (QED) is 0.874. The molecule has 0 radical (unpaired) electrons. The fraction of sp³-hybridized carbons (Fsp3) is 0.545. The summed E-state index contributed by atoms with van der Waals surface area (Å²) in [6.07, 6.45) is 2.04. The summed E-state index contributed by atoms with van der Waals surface area (Å²) in [7, 11) is -1.33. The third-order valence-corrected chi connectivity index (χ3v) is 4.65. The molecule has 7 heteroatoms. The minimum absolute atomic E-state index is 0.0351. The zero-order chi connectivity index (χ0) is 13.2. The minimum Gasteiger partial charge on any atom is -0.467 e. The molecule has 1 aromatic heterocycles. The lowest BCUT2D eigenvalue weighted by atomic mass is 10.3. The second-order valence-electron chi connectivity index (χ2n) is 4.48. The van der Waals surface area contributed by atoms with Gasteiger partial charge in [0.2, 0.25) is 0 Å². The van der Waals surface area contributed by atoms with E-state index < -0.39 is 9.84 Å². The highest BCUT2D eigenvalue weighted by atomic mass is 32.2. The Morgan fingerprint density at radius 1 is 1.61 bits per heavy atom. The zero-order valence-corrected chi connectivity index (χ0v) is 10.9. The molecule has 18 heavy (non-hydrogen) atoms. The average molecular weight is 272 g/mol. The van der Waals surface area contributed by atoms with Gasteiger partial charge in [-0.15, -0.1) is 0 Å². The van der Waals surface area contributed by atoms with Crippen molar-refractivity contribution in [2.75, 3.05) is 18.6 Å². The first-order valence-corrected chi connectivity index (χ1v) is 7.53. The van der Waals surface area contributed by atoms with Gasteiger partial charge >= 0.3 is 6.03 Å². The van der Waals surface area contributed by atoms with Crippen LogP contribution in [0, 0.1) is 0 Å². The Hall–Kier alpha value is -1.50. The molecule has 100 valence electrons. The van der Waals surface area contributed by atoms with Crippen LogP contribution < -0.4 is 5.32 Å². The molecule has 1 aliphatic rings. The molecule has 1 atom stereocenters. The summed E-state index contributed by atoms with van der Waals surface area (Å²) in [6.45, 7) is 0.359. The van der Waals surface area contributed by atoms with Gasteiger partial charge in [-0.25, -0.2) is 13.2 Å². The molecule has 0 spiro atoms. The summed E-state index contributed by atoms with van der Waals surface area (Å²) in [4.78, 5) is 13.3. The monoisotopic (exact) mass is 272 g/mol. The number of rotatable bonds is 3. The predicted molar refractivity (Wildman–Crippen MR) is 65.8 cm³/mol. The molecule has 0 bridgehead atoms. The second kappa shape index (κ2) is 5.01. The van der Waals surface area contributed by atoms with Crippen LogP contribution in [0.4, 0.5) is 4.79 Å². The van der Waals surface area contributed by atoms with Crippen LogP contribution >= 0.6 is 0 Å². The first-order chi connectivity index (χ1) is 8.46. The molecule has 0 aliphatic carbocycles. The van der Waals surface area contributed by atoms with Gasteiger partial charge in [0.1, 0.15) is 5.76 Å². The molecule has 0 unspecified atom stereocenters. The van der Waals surface area contributed by atoms with E-state index in [9.17, 15) is 13.2 Å². The van der Waals surface area contributed by atoms with Crippen LogP contribution in [0.25, 0.3) is 0 Å². The summed E-state index contributed by atoms with van der Waals surface area (Å²) in [5.74, 6) is 0.874. The summed E-state index contributed by atoms with van der Waals surface area (Å²) >= 11 is 0. The van der Waals surface area contributed by atoms with Crippen molar-refractivity contribution in [3.05, 3.63) is 24.2 Å². The normalized spacial score (nSPS) is 21.7. The molecule has 2 heterocycles. The standard InChI is InChI=1S/C11H16N2O4S/c1-13(7-10-3-2-5-17-10)11(14)12-9-4-6-18(15,16)8-9/h2-3,5,9H,4,6-8H2,1H3,(H,12,14)/t9-/m0/s1. The smallest absolute Gasteiger partial charge is 0.317 e. The lowest BCUT2D eigenvalue weighted by Gasteiger charge is -2.19. The first-order valence-electron chi connectivity index (χ1n) is 5.71. The minimum atomic E-state index is -2.97. The zero-order valence-electron chi connectivity index (χ0n) is 10.1. The van der Waals surface area contributed by atoms with Gasteiger partial charge in [-0.05, 0) is 18.6 Å². The lowest BCUT2D eigenvalue weighted by Crippen LogP contribution is -2.43. The number of amides is 2. The van der Waals surface area contributed by atoms with Crippen LogP contribution in [-0.2, 0) is 16.4 Å². The molecule has 1 fully saturated rings. The number of hydrogen-bond acceptors (Lipinski definition) is 4. The molecule has 1 N–H and O–H groups in total. The average Bonchev–Trinajstić information content (AvgIpc) is 2.88. The number of urea groups is 1.